The molecule has 19 heavy (non-hydrogen) atoms. The molecule has 1 aliphatic rings. The number of anilines is 1. The van der Waals surface area contributed by atoms with Gasteiger partial charge in [-0.05, 0) is 54.0 Å². The Labute approximate surface area is 115 Å². The summed E-state index contributed by atoms with van der Waals surface area (Å²) in [5.41, 5.74) is 5.49. The van der Waals surface area contributed by atoms with Crippen LogP contribution >= 0.6 is 0 Å². The van der Waals surface area contributed by atoms with Crippen molar-refractivity contribution in [2.45, 2.75) is 38.6 Å². The van der Waals surface area contributed by atoms with Gasteiger partial charge in [0.2, 0.25) is 0 Å². The number of aryl methyl sites for hydroxylation is 1. The van der Waals surface area contributed by atoms with E-state index >= 15 is 0 Å². The van der Waals surface area contributed by atoms with Crippen LogP contribution in [0.4, 0.5) is 5.69 Å². The Balaban J connectivity index is 1.62. The number of hydrogen-bond acceptors (Lipinski definition) is 1. The van der Waals surface area contributed by atoms with Crippen LogP contribution in [0.25, 0.3) is 0 Å². The lowest BCUT2D eigenvalue weighted by atomic mass is 10.1. The lowest BCUT2D eigenvalue weighted by molar-refractivity contribution is 1.08. The van der Waals surface area contributed by atoms with Gasteiger partial charge in [0.1, 0.15) is 0 Å². The highest BCUT2D eigenvalue weighted by atomic mass is 14.9. The molecule has 1 aliphatic carbocycles. The van der Waals surface area contributed by atoms with Crippen LogP contribution in [0, 0.1) is 0 Å². The van der Waals surface area contributed by atoms with E-state index in [0.717, 1.165) is 18.9 Å². The third-order valence-corrected chi connectivity index (χ3v) is 3.86. The lowest BCUT2D eigenvalue weighted by Gasteiger charge is -2.08. The van der Waals surface area contributed by atoms with Crippen LogP contribution < -0.4 is 5.32 Å². The minimum atomic E-state index is 0.837. The Morgan fingerprint density at radius 1 is 1.00 bits per heavy atom. The van der Waals surface area contributed by atoms with E-state index in [2.05, 4.69) is 60.8 Å². The molecule has 0 aromatic heterocycles. The monoisotopic (exact) mass is 251 g/mol. The molecule has 1 fully saturated rings. The summed E-state index contributed by atoms with van der Waals surface area (Å²) in [6.07, 6.45) is 3.84. The number of nitrogens with one attached hydrogen (secondary N) is 1. The van der Waals surface area contributed by atoms with Gasteiger partial charge >= 0.3 is 0 Å². The molecule has 2 aromatic rings. The van der Waals surface area contributed by atoms with Crippen molar-refractivity contribution >= 4 is 5.69 Å². The summed E-state index contributed by atoms with van der Waals surface area (Å²) in [4.78, 5) is 0. The number of benzene rings is 2. The first-order valence-electron chi connectivity index (χ1n) is 7.27. The molecule has 1 heteroatoms. The molecule has 0 aliphatic heterocycles. The maximum absolute atomic E-state index is 3.50. The van der Waals surface area contributed by atoms with E-state index in [1.165, 1.54) is 35.2 Å². The highest BCUT2D eigenvalue weighted by Gasteiger charge is 2.23. The zero-order valence-corrected chi connectivity index (χ0v) is 11.5. The molecule has 0 unspecified atom stereocenters. The third kappa shape index (κ3) is 3.17. The molecule has 3 rings (SSSR count). The van der Waals surface area contributed by atoms with Crippen LogP contribution in [-0.4, -0.2) is 0 Å². The Kier molecular flexibility index (Phi) is 3.54. The van der Waals surface area contributed by atoms with Gasteiger partial charge in [-0.3, -0.25) is 0 Å². The summed E-state index contributed by atoms with van der Waals surface area (Å²) in [5.74, 6) is 0.837. The highest BCUT2D eigenvalue weighted by molar-refractivity contribution is 5.45. The van der Waals surface area contributed by atoms with E-state index in [4.69, 9.17) is 0 Å². The molecule has 0 heterocycles. The third-order valence-electron chi connectivity index (χ3n) is 3.86. The first-order chi connectivity index (χ1) is 9.35. The van der Waals surface area contributed by atoms with Gasteiger partial charge in [0.25, 0.3) is 0 Å². The molecule has 0 bridgehead atoms. The Morgan fingerprint density at radius 2 is 1.79 bits per heavy atom. The fraction of sp³-hybridized carbons (Fsp3) is 0.333. The van der Waals surface area contributed by atoms with Crippen molar-refractivity contribution in [2.75, 3.05) is 5.32 Å². The van der Waals surface area contributed by atoms with Gasteiger partial charge in [-0.2, -0.15) is 0 Å². The summed E-state index contributed by atoms with van der Waals surface area (Å²) in [6.45, 7) is 3.10. The van der Waals surface area contributed by atoms with Crippen molar-refractivity contribution in [3.8, 4) is 0 Å². The molecule has 0 spiro atoms. The second-order valence-corrected chi connectivity index (χ2v) is 5.42. The largest absolute Gasteiger partial charge is 0.381 e. The van der Waals surface area contributed by atoms with Crippen molar-refractivity contribution in [1.82, 2.24) is 0 Å². The molecular formula is C18H21N. The van der Waals surface area contributed by atoms with Crippen LogP contribution in [0.15, 0.2) is 48.5 Å². The standard InChI is InChI=1S/C18H21N/c1-2-14-6-10-18(11-7-14)19-13-15-4-3-5-17(12-15)16-8-9-16/h3-7,10-12,16,19H,2,8-9,13H2,1H3. The molecule has 1 N–H and O–H groups in total. The van der Waals surface area contributed by atoms with E-state index in [1.54, 1.807) is 0 Å². The van der Waals surface area contributed by atoms with Crippen molar-refractivity contribution in [3.63, 3.8) is 0 Å². The fourth-order valence-corrected chi connectivity index (χ4v) is 2.44. The zero-order valence-electron chi connectivity index (χ0n) is 11.5. The normalized spacial score (nSPS) is 14.4. The van der Waals surface area contributed by atoms with Crippen LogP contribution in [0.3, 0.4) is 0 Å². The van der Waals surface area contributed by atoms with Crippen molar-refractivity contribution in [2.24, 2.45) is 0 Å². The van der Waals surface area contributed by atoms with Crippen LogP contribution in [0.2, 0.25) is 0 Å². The van der Waals surface area contributed by atoms with Gasteiger partial charge in [-0.25, -0.2) is 0 Å². The van der Waals surface area contributed by atoms with E-state index in [-0.39, 0.29) is 0 Å². The molecule has 0 saturated heterocycles. The predicted molar refractivity (Wildman–Crippen MR) is 81.6 cm³/mol. The van der Waals surface area contributed by atoms with E-state index in [1.807, 2.05) is 0 Å². The van der Waals surface area contributed by atoms with Gasteiger partial charge in [0.05, 0.1) is 0 Å². The number of hydrogen-bond donors (Lipinski definition) is 1. The van der Waals surface area contributed by atoms with Gasteiger partial charge in [-0.1, -0.05) is 43.3 Å². The average molecular weight is 251 g/mol. The molecule has 1 saturated carbocycles. The molecule has 2 aromatic carbocycles. The fourth-order valence-electron chi connectivity index (χ4n) is 2.44. The summed E-state index contributed by atoms with van der Waals surface area (Å²) >= 11 is 0. The van der Waals surface area contributed by atoms with E-state index < -0.39 is 0 Å². The topological polar surface area (TPSA) is 12.0 Å². The molecule has 0 atom stereocenters. The molecule has 1 nitrogen and oxygen atoms in total. The first-order valence-corrected chi connectivity index (χ1v) is 7.27. The van der Waals surface area contributed by atoms with Crippen molar-refractivity contribution in [3.05, 3.63) is 65.2 Å². The summed E-state index contributed by atoms with van der Waals surface area (Å²) in [6, 6.07) is 17.7. The van der Waals surface area contributed by atoms with Gasteiger partial charge in [0, 0.05) is 12.2 Å². The highest BCUT2D eigenvalue weighted by Crippen LogP contribution is 2.40. The molecule has 0 radical (unpaired) electrons. The first kappa shape index (κ1) is 12.3. The maximum atomic E-state index is 3.50. The lowest BCUT2D eigenvalue weighted by Crippen LogP contribution is -1.99. The summed E-state index contributed by atoms with van der Waals surface area (Å²) in [5, 5.41) is 3.50. The molecule has 98 valence electrons. The van der Waals surface area contributed by atoms with E-state index in [0.29, 0.717) is 0 Å². The quantitative estimate of drug-likeness (QED) is 0.809. The van der Waals surface area contributed by atoms with Gasteiger partial charge < -0.3 is 5.32 Å². The second-order valence-electron chi connectivity index (χ2n) is 5.42. The second kappa shape index (κ2) is 5.48. The Hall–Kier alpha value is -1.76. The maximum Gasteiger partial charge on any atom is 0.0400 e. The van der Waals surface area contributed by atoms with Gasteiger partial charge in [0.15, 0.2) is 0 Å². The Morgan fingerprint density at radius 3 is 2.47 bits per heavy atom. The van der Waals surface area contributed by atoms with Crippen LogP contribution in [0.1, 0.15) is 42.4 Å². The average Bonchev–Trinajstić information content (AvgIpc) is 3.31. The van der Waals surface area contributed by atoms with Crippen LogP contribution in [-0.2, 0) is 13.0 Å². The van der Waals surface area contributed by atoms with Crippen molar-refractivity contribution < 1.29 is 0 Å². The Bertz CT molecular complexity index is 538. The van der Waals surface area contributed by atoms with Crippen molar-refractivity contribution in [1.29, 1.82) is 0 Å². The SMILES string of the molecule is CCc1ccc(NCc2cccc(C3CC3)c2)cc1. The zero-order chi connectivity index (χ0) is 13.1. The van der Waals surface area contributed by atoms with E-state index in [9.17, 15) is 0 Å². The minimum absolute atomic E-state index is 0.837. The molecule has 0 amide bonds. The smallest absolute Gasteiger partial charge is 0.0400 e. The summed E-state index contributed by atoms with van der Waals surface area (Å²) in [7, 11) is 0. The molecular weight excluding hydrogens is 230 g/mol. The summed E-state index contributed by atoms with van der Waals surface area (Å²) < 4.78 is 0. The predicted octanol–water partition coefficient (Wildman–Crippen LogP) is 4.74. The minimum Gasteiger partial charge on any atom is -0.381 e. The number of rotatable bonds is 5. The van der Waals surface area contributed by atoms with Crippen LogP contribution in [0.5, 0.6) is 0 Å². The van der Waals surface area contributed by atoms with Gasteiger partial charge in [-0.15, -0.1) is 0 Å².